The molecule has 0 saturated carbocycles. The molecule has 1 aliphatic rings. The van der Waals surface area contributed by atoms with E-state index in [1.54, 1.807) is 29.0 Å². The Balaban J connectivity index is 2.05. The standard InChI is InChI=1S/C20H16N2O/c21-22(18-11-5-2-6-12-18)19(16-8-3-1-4-9-16)15-14-17-10-7-13-20(17)23/h1-15H,(H-,21,23)/p+1. The monoisotopic (exact) mass is 301 g/mol. The Bertz CT molecular complexity index is 828. The van der Waals surface area contributed by atoms with Crippen molar-refractivity contribution in [1.29, 1.82) is 0 Å². The van der Waals surface area contributed by atoms with Gasteiger partial charge < -0.3 is 0 Å². The van der Waals surface area contributed by atoms with Crippen LogP contribution in [0.3, 0.4) is 0 Å². The molecule has 2 N–H and O–H groups in total. The molecule has 3 heteroatoms. The minimum Gasteiger partial charge on any atom is -0.289 e. The summed E-state index contributed by atoms with van der Waals surface area (Å²) in [4.78, 5) is 11.7. The zero-order valence-corrected chi connectivity index (χ0v) is 12.6. The SMILES string of the molecule is N[N+](=C(C=CC1=CC=CC1=O)c1ccccc1)c1ccccc1. The molecule has 0 aromatic heterocycles. The van der Waals surface area contributed by atoms with Gasteiger partial charge in [0.2, 0.25) is 11.4 Å². The number of nitrogens with zero attached hydrogens (tertiary/aromatic N) is 1. The predicted molar refractivity (Wildman–Crippen MR) is 92.5 cm³/mol. The summed E-state index contributed by atoms with van der Waals surface area (Å²) >= 11 is 0. The van der Waals surface area contributed by atoms with Crippen LogP contribution < -0.4 is 5.84 Å². The summed E-state index contributed by atoms with van der Waals surface area (Å²) in [6, 6.07) is 19.6. The molecular formula is C20H17N2O+. The number of carbonyl (C=O) groups is 1. The second kappa shape index (κ2) is 6.71. The molecular weight excluding hydrogens is 284 g/mol. The highest BCUT2D eigenvalue weighted by atomic mass is 16.1. The van der Waals surface area contributed by atoms with Gasteiger partial charge in [-0.05, 0) is 24.3 Å². The highest BCUT2D eigenvalue weighted by Crippen LogP contribution is 2.13. The fourth-order valence-electron chi connectivity index (χ4n) is 2.38. The van der Waals surface area contributed by atoms with Gasteiger partial charge in [-0.25, -0.2) is 5.84 Å². The second-order valence-corrected chi connectivity index (χ2v) is 5.14. The maximum absolute atomic E-state index is 11.7. The molecule has 0 saturated heterocycles. The maximum Gasteiger partial charge on any atom is 0.242 e. The number of ketones is 1. The summed E-state index contributed by atoms with van der Waals surface area (Å²) in [6.07, 6.45) is 8.78. The lowest BCUT2D eigenvalue weighted by atomic mass is 10.1. The smallest absolute Gasteiger partial charge is 0.242 e. The van der Waals surface area contributed by atoms with E-state index in [-0.39, 0.29) is 5.78 Å². The van der Waals surface area contributed by atoms with Gasteiger partial charge in [0.05, 0.1) is 0 Å². The summed E-state index contributed by atoms with van der Waals surface area (Å²) in [5.41, 5.74) is 3.33. The topological polar surface area (TPSA) is 46.1 Å². The molecule has 0 atom stereocenters. The van der Waals surface area contributed by atoms with Gasteiger partial charge in [0.1, 0.15) is 0 Å². The third-order valence-corrected chi connectivity index (χ3v) is 3.59. The molecule has 0 bridgehead atoms. The Hall–Kier alpha value is -3.20. The molecule has 1 aliphatic carbocycles. The number of hydrogen-bond donors (Lipinski definition) is 1. The number of nitrogens with two attached hydrogens (primary N) is 1. The highest BCUT2D eigenvalue weighted by molar-refractivity contribution is 6.11. The first kappa shape index (κ1) is 14.7. The summed E-state index contributed by atoms with van der Waals surface area (Å²) in [5.74, 6) is 6.33. The Morgan fingerprint density at radius 1 is 0.957 bits per heavy atom. The number of para-hydroxylation sites is 1. The van der Waals surface area contributed by atoms with Crippen molar-refractivity contribution in [3.63, 3.8) is 0 Å². The van der Waals surface area contributed by atoms with Crippen molar-refractivity contribution in [3.8, 4) is 0 Å². The number of hydrazine groups is 1. The van der Waals surface area contributed by atoms with Crippen molar-refractivity contribution < 1.29 is 9.48 Å². The van der Waals surface area contributed by atoms with E-state index in [4.69, 9.17) is 5.84 Å². The molecule has 0 aliphatic heterocycles. The highest BCUT2D eigenvalue weighted by Gasteiger charge is 2.16. The van der Waals surface area contributed by atoms with Crippen LogP contribution in [0.2, 0.25) is 0 Å². The number of allylic oxidation sites excluding steroid dienone is 6. The summed E-state index contributed by atoms with van der Waals surface area (Å²) in [7, 11) is 0. The van der Waals surface area contributed by atoms with Crippen LogP contribution in [-0.4, -0.2) is 16.2 Å². The van der Waals surface area contributed by atoms with E-state index in [9.17, 15) is 4.79 Å². The lowest BCUT2D eigenvalue weighted by Gasteiger charge is -2.02. The van der Waals surface area contributed by atoms with Gasteiger partial charge in [0.25, 0.3) is 0 Å². The number of hydrazone groups is 1. The molecule has 0 radical (unpaired) electrons. The van der Waals surface area contributed by atoms with Gasteiger partial charge in [0.15, 0.2) is 5.78 Å². The van der Waals surface area contributed by atoms with Crippen molar-refractivity contribution in [2.45, 2.75) is 0 Å². The third-order valence-electron chi connectivity index (χ3n) is 3.59. The fraction of sp³-hybridized carbons (Fsp3) is 0. The number of benzene rings is 2. The van der Waals surface area contributed by atoms with Crippen LogP contribution in [-0.2, 0) is 4.79 Å². The van der Waals surface area contributed by atoms with Gasteiger partial charge in [-0.2, -0.15) is 0 Å². The second-order valence-electron chi connectivity index (χ2n) is 5.14. The Morgan fingerprint density at radius 3 is 2.22 bits per heavy atom. The average Bonchev–Trinajstić information content (AvgIpc) is 3.02. The molecule has 3 rings (SSSR count). The van der Waals surface area contributed by atoms with Crippen molar-refractivity contribution in [1.82, 2.24) is 0 Å². The van der Waals surface area contributed by atoms with Crippen LogP contribution >= 0.6 is 0 Å². The first-order valence-corrected chi connectivity index (χ1v) is 7.39. The zero-order chi connectivity index (χ0) is 16.1. The lowest BCUT2D eigenvalue weighted by molar-refractivity contribution is -0.451. The minimum atomic E-state index is 0.0111. The Kier molecular flexibility index (Phi) is 4.29. The van der Waals surface area contributed by atoms with E-state index in [2.05, 4.69) is 0 Å². The Morgan fingerprint density at radius 2 is 1.61 bits per heavy atom. The average molecular weight is 301 g/mol. The van der Waals surface area contributed by atoms with Gasteiger partial charge in [-0.3, -0.25) is 4.79 Å². The van der Waals surface area contributed by atoms with Gasteiger partial charge >= 0.3 is 0 Å². The minimum absolute atomic E-state index is 0.0111. The van der Waals surface area contributed by atoms with E-state index in [1.165, 1.54) is 0 Å². The van der Waals surface area contributed by atoms with Crippen molar-refractivity contribution in [3.05, 3.63) is 102 Å². The first-order chi connectivity index (χ1) is 11.3. The summed E-state index contributed by atoms with van der Waals surface area (Å²) < 4.78 is 1.62. The molecule has 3 nitrogen and oxygen atoms in total. The normalized spacial score (nSPS) is 15.0. The van der Waals surface area contributed by atoms with Crippen LogP contribution in [0.25, 0.3) is 0 Å². The summed E-state index contributed by atoms with van der Waals surface area (Å²) in [6.45, 7) is 0. The van der Waals surface area contributed by atoms with Gasteiger partial charge in [-0.1, -0.05) is 53.2 Å². The van der Waals surface area contributed by atoms with E-state index < -0.39 is 0 Å². The molecule has 2 aromatic rings. The molecule has 0 unspecified atom stereocenters. The largest absolute Gasteiger partial charge is 0.289 e. The molecule has 0 amide bonds. The van der Waals surface area contributed by atoms with Gasteiger partial charge in [0, 0.05) is 29.3 Å². The van der Waals surface area contributed by atoms with Crippen LogP contribution in [0.4, 0.5) is 5.69 Å². The maximum atomic E-state index is 11.7. The summed E-state index contributed by atoms with van der Waals surface area (Å²) in [5, 5.41) is 0. The first-order valence-electron chi connectivity index (χ1n) is 7.39. The Labute approximate surface area is 135 Å². The van der Waals surface area contributed by atoms with E-state index in [0.717, 1.165) is 17.0 Å². The molecule has 0 spiro atoms. The molecule has 112 valence electrons. The van der Waals surface area contributed by atoms with Crippen LogP contribution in [0.5, 0.6) is 0 Å². The van der Waals surface area contributed by atoms with E-state index >= 15 is 0 Å². The number of carbonyl (C=O) groups excluding carboxylic acids is 1. The van der Waals surface area contributed by atoms with Crippen molar-refractivity contribution in [2.75, 3.05) is 0 Å². The molecule has 2 aromatic carbocycles. The predicted octanol–water partition coefficient (Wildman–Crippen LogP) is 3.32. The lowest BCUT2D eigenvalue weighted by Crippen LogP contribution is -2.23. The molecule has 23 heavy (non-hydrogen) atoms. The molecule has 0 fully saturated rings. The number of rotatable bonds is 4. The van der Waals surface area contributed by atoms with Crippen LogP contribution in [0.15, 0.2) is 96.6 Å². The number of hydrogen-bond acceptors (Lipinski definition) is 2. The van der Waals surface area contributed by atoms with E-state index in [0.29, 0.717) is 5.57 Å². The van der Waals surface area contributed by atoms with Crippen molar-refractivity contribution in [2.24, 2.45) is 5.84 Å². The van der Waals surface area contributed by atoms with E-state index in [1.807, 2.05) is 66.7 Å². The molecule has 0 heterocycles. The zero-order valence-electron chi connectivity index (χ0n) is 12.6. The van der Waals surface area contributed by atoms with Crippen LogP contribution in [0.1, 0.15) is 5.56 Å². The fourth-order valence-corrected chi connectivity index (χ4v) is 2.38. The van der Waals surface area contributed by atoms with Crippen LogP contribution in [0, 0.1) is 0 Å². The third kappa shape index (κ3) is 3.35. The van der Waals surface area contributed by atoms with Gasteiger partial charge in [-0.15, -0.1) is 0 Å². The van der Waals surface area contributed by atoms with Crippen molar-refractivity contribution >= 4 is 17.2 Å². The quantitative estimate of drug-likeness (QED) is 0.407.